The van der Waals surface area contributed by atoms with E-state index in [1.54, 1.807) is 6.07 Å². The van der Waals surface area contributed by atoms with Gasteiger partial charge in [0.2, 0.25) is 10.0 Å². The Bertz CT molecular complexity index is 888. The minimum atomic E-state index is -3.50. The zero-order chi connectivity index (χ0) is 18.7. The van der Waals surface area contributed by atoms with Gasteiger partial charge in [0.15, 0.2) is 0 Å². The summed E-state index contributed by atoms with van der Waals surface area (Å²) in [6.07, 6.45) is 4.36. The fourth-order valence-electron chi connectivity index (χ4n) is 3.78. The predicted octanol–water partition coefficient (Wildman–Crippen LogP) is 2.88. The van der Waals surface area contributed by atoms with E-state index in [1.807, 2.05) is 36.4 Å². The van der Waals surface area contributed by atoms with Gasteiger partial charge in [-0.3, -0.25) is 0 Å². The Morgan fingerprint density at radius 3 is 2.37 bits per heavy atom. The second-order valence-electron chi connectivity index (χ2n) is 7.23. The van der Waals surface area contributed by atoms with E-state index >= 15 is 0 Å². The molecule has 0 bridgehead atoms. The van der Waals surface area contributed by atoms with Crippen LogP contribution < -0.4 is 9.62 Å². The summed E-state index contributed by atoms with van der Waals surface area (Å²) in [4.78, 5) is 2.65. The van der Waals surface area contributed by atoms with Crippen LogP contribution in [0.5, 0.6) is 0 Å². The van der Waals surface area contributed by atoms with E-state index in [4.69, 9.17) is 4.74 Å². The van der Waals surface area contributed by atoms with Crippen molar-refractivity contribution in [3.05, 3.63) is 59.2 Å². The Labute approximate surface area is 161 Å². The monoisotopic (exact) mass is 386 g/mol. The highest BCUT2D eigenvalue weighted by Gasteiger charge is 2.18. The summed E-state index contributed by atoms with van der Waals surface area (Å²) in [6.45, 7) is 3.59. The molecule has 0 amide bonds. The molecule has 1 aliphatic heterocycles. The van der Waals surface area contributed by atoms with E-state index in [1.165, 1.54) is 17.5 Å². The molecular weight excluding hydrogens is 360 g/mol. The smallest absolute Gasteiger partial charge is 0.240 e. The van der Waals surface area contributed by atoms with Crippen molar-refractivity contribution in [3.63, 3.8) is 0 Å². The minimum absolute atomic E-state index is 0.294. The Morgan fingerprint density at radius 2 is 1.63 bits per heavy atom. The third-order valence-corrected chi connectivity index (χ3v) is 6.81. The molecule has 4 rings (SSSR count). The van der Waals surface area contributed by atoms with Gasteiger partial charge in [-0.15, -0.1) is 0 Å². The van der Waals surface area contributed by atoms with E-state index < -0.39 is 10.0 Å². The molecule has 27 heavy (non-hydrogen) atoms. The Morgan fingerprint density at radius 1 is 0.926 bits per heavy atom. The molecule has 0 radical (unpaired) electrons. The number of morpholine rings is 1. The molecule has 0 atom stereocenters. The maximum atomic E-state index is 12.7. The molecule has 1 saturated heterocycles. The average Bonchev–Trinajstić information content (AvgIpc) is 2.73. The number of anilines is 1. The largest absolute Gasteiger partial charge is 0.378 e. The molecule has 0 aromatic heterocycles. The van der Waals surface area contributed by atoms with Crippen molar-refractivity contribution in [1.82, 2.24) is 4.72 Å². The van der Waals surface area contributed by atoms with Crippen LogP contribution in [-0.2, 0) is 34.1 Å². The second kappa shape index (κ2) is 8.00. The Balaban J connectivity index is 1.41. The summed E-state index contributed by atoms with van der Waals surface area (Å²) in [5.41, 5.74) is 4.58. The normalized spacial score (nSPS) is 17.6. The van der Waals surface area contributed by atoms with Crippen LogP contribution in [0.15, 0.2) is 47.4 Å². The summed E-state index contributed by atoms with van der Waals surface area (Å²) >= 11 is 0. The van der Waals surface area contributed by atoms with Crippen LogP contribution in [0.4, 0.5) is 5.69 Å². The molecular formula is C21H26N2O3S. The van der Waals surface area contributed by atoms with Crippen LogP contribution in [0.2, 0.25) is 0 Å². The number of nitrogens with zero attached hydrogens (tertiary/aromatic N) is 1. The van der Waals surface area contributed by atoms with Gasteiger partial charge in [-0.1, -0.05) is 18.2 Å². The molecule has 2 aromatic rings. The lowest BCUT2D eigenvalue weighted by molar-refractivity contribution is 0.122. The van der Waals surface area contributed by atoms with Gasteiger partial charge < -0.3 is 9.64 Å². The SMILES string of the molecule is O=S(=O)(NCc1ccc(N2CCOCC2)cc1)c1ccc2c(c1)CCCC2. The maximum absolute atomic E-state index is 12.7. The number of ether oxygens (including phenoxy) is 1. The highest BCUT2D eigenvalue weighted by Crippen LogP contribution is 2.24. The van der Waals surface area contributed by atoms with Gasteiger partial charge in [0.05, 0.1) is 18.1 Å². The molecule has 0 spiro atoms. The van der Waals surface area contributed by atoms with Gasteiger partial charge in [0.25, 0.3) is 0 Å². The molecule has 144 valence electrons. The number of sulfonamides is 1. The number of benzene rings is 2. The number of hydrogen-bond acceptors (Lipinski definition) is 4. The molecule has 2 aromatic carbocycles. The van der Waals surface area contributed by atoms with Crippen molar-refractivity contribution < 1.29 is 13.2 Å². The van der Waals surface area contributed by atoms with Gasteiger partial charge in [0.1, 0.15) is 0 Å². The molecule has 1 aliphatic carbocycles. The van der Waals surface area contributed by atoms with Crippen LogP contribution in [0.3, 0.4) is 0 Å². The average molecular weight is 387 g/mol. The zero-order valence-electron chi connectivity index (χ0n) is 15.5. The van der Waals surface area contributed by atoms with E-state index in [0.29, 0.717) is 11.4 Å². The minimum Gasteiger partial charge on any atom is -0.378 e. The third-order valence-electron chi connectivity index (χ3n) is 5.41. The lowest BCUT2D eigenvalue weighted by atomic mass is 9.92. The molecule has 1 heterocycles. The lowest BCUT2D eigenvalue weighted by Crippen LogP contribution is -2.36. The number of rotatable bonds is 5. The van der Waals surface area contributed by atoms with E-state index in [0.717, 1.165) is 56.8 Å². The number of aryl methyl sites for hydroxylation is 2. The third kappa shape index (κ3) is 4.34. The molecule has 2 aliphatic rings. The highest BCUT2D eigenvalue weighted by atomic mass is 32.2. The van der Waals surface area contributed by atoms with Crippen LogP contribution in [0.25, 0.3) is 0 Å². The summed E-state index contributed by atoms with van der Waals surface area (Å²) < 4.78 is 33.5. The summed E-state index contributed by atoms with van der Waals surface area (Å²) in [5.74, 6) is 0. The summed E-state index contributed by atoms with van der Waals surface area (Å²) in [5, 5.41) is 0. The lowest BCUT2D eigenvalue weighted by Gasteiger charge is -2.28. The standard InChI is InChI=1S/C21H26N2O3S/c24-27(25,21-10-7-18-3-1-2-4-19(18)15-21)22-16-17-5-8-20(9-6-17)23-11-13-26-14-12-23/h5-10,15,22H,1-4,11-14,16H2. The highest BCUT2D eigenvalue weighted by molar-refractivity contribution is 7.89. The van der Waals surface area contributed by atoms with Crippen molar-refractivity contribution in [3.8, 4) is 0 Å². The van der Waals surface area contributed by atoms with Crippen molar-refractivity contribution in [2.45, 2.75) is 37.1 Å². The van der Waals surface area contributed by atoms with Crippen LogP contribution in [0.1, 0.15) is 29.5 Å². The maximum Gasteiger partial charge on any atom is 0.240 e. The topological polar surface area (TPSA) is 58.6 Å². The van der Waals surface area contributed by atoms with Crippen LogP contribution >= 0.6 is 0 Å². The fraction of sp³-hybridized carbons (Fsp3) is 0.429. The van der Waals surface area contributed by atoms with Gasteiger partial charge in [-0.25, -0.2) is 13.1 Å². The number of nitrogens with one attached hydrogen (secondary N) is 1. The molecule has 1 N–H and O–H groups in total. The first-order valence-electron chi connectivity index (χ1n) is 9.65. The van der Waals surface area contributed by atoms with Crippen molar-refractivity contribution in [1.29, 1.82) is 0 Å². The van der Waals surface area contributed by atoms with Gasteiger partial charge in [-0.2, -0.15) is 0 Å². The fourth-order valence-corrected chi connectivity index (χ4v) is 4.85. The first-order valence-corrected chi connectivity index (χ1v) is 11.1. The molecule has 1 fully saturated rings. The first kappa shape index (κ1) is 18.5. The first-order chi connectivity index (χ1) is 13.1. The zero-order valence-corrected chi connectivity index (χ0v) is 16.3. The van der Waals surface area contributed by atoms with E-state index in [9.17, 15) is 8.42 Å². The molecule has 0 saturated carbocycles. The van der Waals surface area contributed by atoms with Crippen molar-refractivity contribution in [2.75, 3.05) is 31.2 Å². The summed E-state index contributed by atoms with van der Waals surface area (Å²) in [7, 11) is -3.50. The van der Waals surface area contributed by atoms with Gasteiger partial charge >= 0.3 is 0 Å². The second-order valence-corrected chi connectivity index (χ2v) is 8.99. The van der Waals surface area contributed by atoms with E-state index in [-0.39, 0.29) is 0 Å². The quantitative estimate of drug-likeness (QED) is 0.858. The van der Waals surface area contributed by atoms with Crippen LogP contribution in [0, 0.1) is 0 Å². The Kier molecular flexibility index (Phi) is 5.48. The van der Waals surface area contributed by atoms with Gasteiger partial charge in [-0.05, 0) is 66.6 Å². The number of hydrogen-bond donors (Lipinski definition) is 1. The van der Waals surface area contributed by atoms with Crippen LogP contribution in [-0.4, -0.2) is 34.7 Å². The van der Waals surface area contributed by atoms with E-state index in [2.05, 4.69) is 9.62 Å². The molecule has 5 nitrogen and oxygen atoms in total. The van der Waals surface area contributed by atoms with Gasteiger partial charge in [0, 0.05) is 25.3 Å². The molecule has 6 heteroatoms. The Hall–Kier alpha value is -1.89. The summed E-state index contributed by atoms with van der Waals surface area (Å²) in [6, 6.07) is 13.6. The van der Waals surface area contributed by atoms with Crippen molar-refractivity contribution >= 4 is 15.7 Å². The number of fused-ring (bicyclic) bond motifs is 1. The molecule has 0 unspecified atom stereocenters. The predicted molar refractivity (Wildman–Crippen MR) is 107 cm³/mol. The van der Waals surface area contributed by atoms with Crippen molar-refractivity contribution in [2.24, 2.45) is 0 Å².